The quantitative estimate of drug-likeness (QED) is 0.843. The van der Waals surface area contributed by atoms with Crippen molar-refractivity contribution in [1.29, 1.82) is 0 Å². The lowest BCUT2D eigenvalue weighted by atomic mass is 9.99. The molecule has 2 aromatic carbocycles. The number of rotatable bonds is 5. The molecule has 2 saturated heterocycles. The lowest BCUT2D eigenvalue weighted by molar-refractivity contribution is -0.0116. The number of hydrogen-bond acceptors (Lipinski definition) is 4. The average Bonchev–Trinajstić information content (AvgIpc) is 2.75. The SMILES string of the molecule is O[C@@H]1CN(C/C=C/c2ccccc2)CC[C@H]1N1CCN(c2ccccc2F)CC1. The zero-order valence-electron chi connectivity index (χ0n) is 16.8. The lowest BCUT2D eigenvalue weighted by Gasteiger charge is -2.45. The van der Waals surface area contributed by atoms with Gasteiger partial charge in [-0.15, -0.1) is 0 Å². The largest absolute Gasteiger partial charge is 0.390 e. The van der Waals surface area contributed by atoms with E-state index in [4.69, 9.17) is 0 Å². The first kappa shape index (κ1) is 20.1. The van der Waals surface area contributed by atoms with Gasteiger partial charge in [-0.2, -0.15) is 0 Å². The Bertz CT molecular complexity index is 805. The van der Waals surface area contributed by atoms with Crippen molar-refractivity contribution in [2.75, 3.05) is 50.7 Å². The number of anilines is 1. The lowest BCUT2D eigenvalue weighted by Crippen LogP contribution is -2.58. The van der Waals surface area contributed by atoms with E-state index >= 15 is 0 Å². The Balaban J connectivity index is 1.25. The predicted molar refractivity (Wildman–Crippen MR) is 117 cm³/mol. The van der Waals surface area contributed by atoms with Crippen LogP contribution in [0.3, 0.4) is 0 Å². The Labute approximate surface area is 172 Å². The van der Waals surface area contributed by atoms with E-state index < -0.39 is 0 Å². The first-order valence-corrected chi connectivity index (χ1v) is 10.6. The molecule has 0 aromatic heterocycles. The number of hydrogen-bond donors (Lipinski definition) is 1. The first-order valence-electron chi connectivity index (χ1n) is 10.6. The molecular weight excluding hydrogens is 365 g/mol. The molecule has 2 aliphatic rings. The maximum absolute atomic E-state index is 14.0. The third-order valence-electron chi connectivity index (χ3n) is 6.08. The highest BCUT2D eigenvalue weighted by Crippen LogP contribution is 2.23. The molecule has 4 nitrogen and oxygen atoms in total. The molecule has 1 N–H and O–H groups in total. The van der Waals surface area contributed by atoms with Crippen LogP contribution in [0, 0.1) is 5.82 Å². The molecule has 2 fully saturated rings. The molecule has 2 aromatic rings. The first-order chi connectivity index (χ1) is 14.2. The number of nitrogens with zero attached hydrogens (tertiary/aromatic N) is 3. The van der Waals surface area contributed by atoms with Gasteiger partial charge >= 0.3 is 0 Å². The molecule has 0 spiro atoms. The highest BCUT2D eigenvalue weighted by molar-refractivity contribution is 5.49. The fraction of sp³-hybridized carbons (Fsp3) is 0.417. The Morgan fingerprint density at radius 2 is 1.66 bits per heavy atom. The minimum absolute atomic E-state index is 0.155. The minimum Gasteiger partial charge on any atom is -0.390 e. The predicted octanol–water partition coefficient (Wildman–Crippen LogP) is 3.10. The van der Waals surface area contributed by atoms with Gasteiger partial charge in [-0.1, -0.05) is 54.6 Å². The second-order valence-electron chi connectivity index (χ2n) is 7.97. The number of aliphatic hydroxyl groups excluding tert-OH is 1. The number of para-hydroxylation sites is 1. The van der Waals surface area contributed by atoms with E-state index in [2.05, 4.69) is 39.0 Å². The van der Waals surface area contributed by atoms with Crippen LogP contribution in [-0.2, 0) is 0 Å². The molecule has 5 heteroatoms. The summed E-state index contributed by atoms with van der Waals surface area (Å²) in [4.78, 5) is 6.82. The molecule has 0 aliphatic carbocycles. The zero-order valence-corrected chi connectivity index (χ0v) is 16.8. The van der Waals surface area contributed by atoms with E-state index in [9.17, 15) is 9.50 Å². The smallest absolute Gasteiger partial charge is 0.146 e. The van der Waals surface area contributed by atoms with Crippen molar-refractivity contribution < 1.29 is 9.50 Å². The van der Waals surface area contributed by atoms with E-state index in [0.29, 0.717) is 12.2 Å². The summed E-state index contributed by atoms with van der Waals surface area (Å²) >= 11 is 0. The van der Waals surface area contributed by atoms with Gasteiger partial charge in [-0.05, 0) is 24.1 Å². The molecule has 0 amide bonds. The van der Waals surface area contributed by atoms with Crippen LogP contribution in [0.5, 0.6) is 0 Å². The van der Waals surface area contributed by atoms with Crippen molar-refractivity contribution in [3.63, 3.8) is 0 Å². The van der Waals surface area contributed by atoms with Gasteiger partial charge in [0.15, 0.2) is 0 Å². The van der Waals surface area contributed by atoms with Crippen molar-refractivity contribution in [3.05, 3.63) is 72.1 Å². The molecule has 4 rings (SSSR count). The van der Waals surface area contributed by atoms with Crippen LogP contribution in [0.2, 0.25) is 0 Å². The van der Waals surface area contributed by atoms with Gasteiger partial charge in [0.05, 0.1) is 11.8 Å². The number of likely N-dealkylation sites (tertiary alicyclic amines) is 1. The normalized spacial score (nSPS) is 24.3. The minimum atomic E-state index is -0.339. The monoisotopic (exact) mass is 395 g/mol. The number of β-amino-alcohol motifs (C(OH)–C–C–N with tert-alkyl or cyclic N) is 1. The molecule has 154 valence electrons. The van der Waals surface area contributed by atoms with Crippen molar-refractivity contribution in [2.45, 2.75) is 18.6 Å². The molecule has 2 aliphatic heterocycles. The second kappa shape index (κ2) is 9.53. The van der Waals surface area contributed by atoms with Crippen LogP contribution < -0.4 is 4.90 Å². The van der Waals surface area contributed by atoms with Gasteiger partial charge in [-0.3, -0.25) is 9.80 Å². The van der Waals surface area contributed by atoms with Crippen LogP contribution in [0.15, 0.2) is 60.7 Å². The van der Waals surface area contributed by atoms with Gasteiger partial charge in [-0.25, -0.2) is 4.39 Å². The van der Waals surface area contributed by atoms with Crippen molar-refractivity contribution in [3.8, 4) is 0 Å². The summed E-state index contributed by atoms with van der Waals surface area (Å²) < 4.78 is 14.0. The molecule has 0 saturated carbocycles. The Morgan fingerprint density at radius 3 is 2.38 bits per heavy atom. The van der Waals surface area contributed by atoms with Gasteiger partial charge in [0.1, 0.15) is 5.82 Å². The fourth-order valence-electron chi connectivity index (χ4n) is 4.48. The van der Waals surface area contributed by atoms with Crippen molar-refractivity contribution >= 4 is 11.8 Å². The third kappa shape index (κ3) is 5.04. The van der Waals surface area contributed by atoms with E-state index in [0.717, 1.165) is 45.7 Å². The maximum Gasteiger partial charge on any atom is 0.146 e. The molecule has 2 heterocycles. The molecule has 29 heavy (non-hydrogen) atoms. The summed E-state index contributed by atoms with van der Waals surface area (Å²) in [6.07, 6.45) is 4.95. The number of aliphatic hydroxyl groups is 1. The van der Waals surface area contributed by atoms with Gasteiger partial charge in [0, 0.05) is 51.9 Å². The molecular formula is C24H30FN3O. The Kier molecular flexibility index (Phi) is 6.60. The van der Waals surface area contributed by atoms with E-state index in [1.807, 2.05) is 30.3 Å². The number of halogens is 1. The zero-order chi connectivity index (χ0) is 20.1. The van der Waals surface area contributed by atoms with Gasteiger partial charge in [0.2, 0.25) is 0 Å². The number of piperazine rings is 1. The highest BCUT2D eigenvalue weighted by atomic mass is 19.1. The molecule has 2 atom stereocenters. The number of benzene rings is 2. The van der Waals surface area contributed by atoms with Crippen LogP contribution in [0.1, 0.15) is 12.0 Å². The third-order valence-corrected chi connectivity index (χ3v) is 6.08. The van der Waals surface area contributed by atoms with Gasteiger partial charge < -0.3 is 10.0 Å². The Hall–Kier alpha value is -2.21. The summed E-state index contributed by atoms with van der Waals surface area (Å²) in [5.74, 6) is -0.155. The summed E-state index contributed by atoms with van der Waals surface area (Å²) in [6, 6.07) is 17.5. The van der Waals surface area contributed by atoms with E-state index in [1.165, 1.54) is 11.6 Å². The molecule has 0 radical (unpaired) electrons. The highest BCUT2D eigenvalue weighted by Gasteiger charge is 2.33. The Morgan fingerprint density at radius 1 is 0.931 bits per heavy atom. The van der Waals surface area contributed by atoms with Crippen LogP contribution in [-0.4, -0.2) is 72.9 Å². The standard InChI is InChI=1S/C24H30FN3O/c25-21-10-4-5-11-22(21)27-15-17-28(18-16-27)23-12-14-26(19-24(23)29)13-6-9-20-7-2-1-3-8-20/h1-11,23-24,29H,12-19H2/b9-6+/t23-,24-/m1/s1. The van der Waals surface area contributed by atoms with Crippen LogP contribution in [0.4, 0.5) is 10.1 Å². The molecule has 0 bridgehead atoms. The van der Waals surface area contributed by atoms with E-state index in [-0.39, 0.29) is 18.0 Å². The summed E-state index contributed by atoms with van der Waals surface area (Å²) in [5, 5.41) is 10.8. The number of piperidine rings is 1. The van der Waals surface area contributed by atoms with Crippen molar-refractivity contribution in [1.82, 2.24) is 9.80 Å². The van der Waals surface area contributed by atoms with Crippen LogP contribution in [0.25, 0.3) is 6.08 Å². The van der Waals surface area contributed by atoms with Crippen LogP contribution >= 0.6 is 0 Å². The topological polar surface area (TPSA) is 30.0 Å². The average molecular weight is 396 g/mol. The summed E-state index contributed by atoms with van der Waals surface area (Å²) in [5.41, 5.74) is 1.89. The molecule has 0 unspecified atom stereocenters. The van der Waals surface area contributed by atoms with E-state index in [1.54, 1.807) is 6.07 Å². The summed E-state index contributed by atoms with van der Waals surface area (Å²) in [7, 11) is 0. The maximum atomic E-state index is 14.0. The second-order valence-corrected chi connectivity index (χ2v) is 7.97. The van der Waals surface area contributed by atoms with Crippen molar-refractivity contribution in [2.24, 2.45) is 0 Å². The van der Waals surface area contributed by atoms with Gasteiger partial charge in [0.25, 0.3) is 0 Å². The fourth-order valence-corrected chi connectivity index (χ4v) is 4.48. The summed E-state index contributed by atoms with van der Waals surface area (Å²) in [6.45, 7) is 5.89.